The van der Waals surface area contributed by atoms with Crippen molar-refractivity contribution in [2.75, 3.05) is 21.3 Å². The Balaban J connectivity index is 2.87. The van der Waals surface area contributed by atoms with Crippen LogP contribution in [0.3, 0.4) is 0 Å². The first kappa shape index (κ1) is 14.4. The molecule has 0 aromatic heterocycles. The van der Waals surface area contributed by atoms with Gasteiger partial charge in [-0.2, -0.15) is 0 Å². The van der Waals surface area contributed by atoms with Crippen LogP contribution in [0, 0.1) is 12.3 Å². The second kappa shape index (κ2) is 7.62. The van der Waals surface area contributed by atoms with Crippen molar-refractivity contribution < 1.29 is 9.47 Å². The van der Waals surface area contributed by atoms with Gasteiger partial charge in [0, 0.05) is 18.5 Å². The molecule has 0 spiro atoms. The molecule has 1 N–H and O–H groups in total. The van der Waals surface area contributed by atoms with Gasteiger partial charge in [0.25, 0.3) is 0 Å². The number of terminal acetylenes is 1. The summed E-state index contributed by atoms with van der Waals surface area (Å²) < 4.78 is 10.6. The van der Waals surface area contributed by atoms with E-state index in [1.54, 1.807) is 14.2 Å². The monoisotopic (exact) mass is 247 g/mol. The molecule has 1 atom stereocenters. The van der Waals surface area contributed by atoms with Crippen LogP contribution in [0.25, 0.3) is 0 Å². The van der Waals surface area contributed by atoms with Gasteiger partial charge in [0.15, 0.2) is 0 Å². The van der Waals surface area contributed by atoms with E-state index in [1.165, 1.54) is 0 Å². The number of rotatable bonds is 7. The van der Waals surface area contributed by atoms with Crippen LogP contribution in [0.5, 0.6) is 11.5 Å². The predicted molar refractivity (Wildman–Crippen MR) is 74.0 cm³/mol. The summed E-state index contributed by atoms with van der Waals surface area (Å²) >= 11 is 0. The first-order chi connectivity index (χ1) is 8.74. The second-order valence-corrected chi connectivity index (χ2v) is 4.08. The lowest BCUT2D eigenvalue weighted by Crippen LogP contribution is -2.16. The SMILES string of the molecule is C#CCCCC(NC)c1cc(OC)cc(OC)c1. The van der Waals surface area contributed by atoms with E-state index in [0.29, 0.717) is 0 Å². The van der Waals surface area contributed by atoms with Gasteiger partial charge < -0.3 is 14.8 Å². The van der Waals surface area contributed by atoms with Crippen molar-refractivity contribution in [3.63, 3.8) is 0 Å². The molecule has 1 aromatic carbocycles. The second-order valence-electron chi connectivity index (χ2n) is 4.08. The fraction of sp³-hybridized carbons (Fsp3) is 0.467. The molecule has 0 aliphatic rings. The van der Waals surface area contributed by atoms with Crippen molar-refractivity contribution in [1.82, 2.24) is 5.32 Å². The standard InChI is InChI=1S/C15H21NO2/c1-5-6-7-8-15(16-2)12-9-13(17-3)11-14(10-12)18-4/h1,9-11,15-16H,6-8H2,2-4H3. The average molecular weight is 247 g/mol. The Morgan fingerprint density at radius 2 is 1.83 bits per heavy atom. The summed E-state index contributed by atoms with van der Waals surface area (Å²) in [5.74, 6) is 4.28. The Labute approximate surface area is 109 Å². The van der Waals surface area contributed by atoms with E-state index in [9.17, 15) is 0 Å². The normalized spacial score (nSPS) is 11.7. The van der Waals surface area contributed by atoms with Crippen LogP contribution in [0.2, 0.25) is 0 Å². The zero-order valence-electron chi connectivity index (χ0n) is 11.3. The number of benzene rings is 1. The molecule has 1 rings (SSSR count). The van der Waals surface area contributed by atoms with Gasteiger partial charge >= 0.3 is 0 Å². The van der Waals surface area contributed by atoms with E-state index < -0.39 is 0 Å². The van der Waals surface area contributed by atoms with Crippen LogP contribution in [0.15, 0.2) is 18.2 Å². The van der Waals surface area contributed by atoms with Crippen LogP contribution in [0.1, 0.15) is 30.9 Å². The van der Waals surface area contributed by atoms with Crippen LogP contribution in [-0.4, -0.2) is 21.3 Å². The molecule has 0 amide bonds. The first-order valence-electron chi connectivity index (χ1n) is 6.08. The Bertz CT molecular complexity index is 387. The number of hydrogen-bond donors (Lipinski definition) is 1. The minimum Gasteiger partial charge on any atom is -0.497 e. The van der Waals surface area contributed by atoms with E-state index in [2.05, 4.69) is 11.2 Å². The molecule has 0 bridgehead atoms. The zero-order valence-corrected chi connectivity index (χ0v) is 11.3. The number of nitrogens with one attached hydrogen (secondary N) is 1. The van der Waals surface area contributed by atoms with Crippen LogP contribution in [-0.2, 0) is 0 Å². The summed E-state index contributed by atoms with van der Waals surface area (Å²) in [7, 11) is 5.27. The molecular formula is C15H21NO2. The van der Waals surface area contributed by atoms with Crippen LogP contribution < -0.4 is 14.8 Å². The fourth-order valence-corrected chi connectivity index (χ4v) is 1.92. The molecule has 18 heavy (non-hydrogen) atoms. The maximum absolute atomic E-state index is 5.28. The highest BCUT2D eigenvalue weighted by atomic mass is 16.5. The number of methoxy groups -OCH3 is 2. The minimum absolute atomic E-state index is 0.266. The highest BCUT2D eigenvalue weighted by Gasteiger charge is 2.11. The molecule has 0 fully saturated rings. The molecule has 1 aromatic rings. The van der Waals surface area contributed by atoms with Crippen molar-refractivity contribution in [1.29, 1.82) is 0 Å². The molecular weight excluding hydrogens is 226 g/mol. The maximum atomic E-state index is 5.28. The Kier molecular flexibility index (Phi) is 6.10. The van der Waals surface area contributed by atoms with Gasteiger partial charge in [0.2, 0.25) is 0 Å². The van der Waals surface area contributed by atoms with Crippen LogP contribution >= 0.6 is 0 Å². The van der Waals surface area contributed by atoms with E-state index in [0.717, 1.165) is 36.3 Å². The van der Waals surface area contributed by atoms with Gasteiger partial charge in [-0.3, -0.25) is 0 Å². The Hall–Kier alpha value is -1.66. The summed E-state index contributed by atoms with van der Waals surface area (Å²) in [4.78, 5) is 0. The maximum Gasteiger partial charge on any atom is 0.122 e. The zero-order chi connectivity index (χ0) is 13.4. The average Bonchev–Trinajstić information content (AvgIpc) is 2.43. The lowest BCUT2D eigenvalue weighted by molar-refractivity contribution is 0.391. The van der Waals surface area contributed by atoms with Gasteiger partial charge in [0.1, 0.15) is 11.5 Å². The van der Waals surface area contributed by atoms with Crippen LogP contribution in [0.4, 0.5) is 0 Å². The summed E-state index contributed by atoms with van der Waals surface area (Å²) in [6.45, 7) is 0. The fourth-order valence-electron chi connectivity index (χ4n) is 1.92. The topological polar surface area (TPSA) is 30.5 Å². The summed E-state index contributed by atoms with van der Waals surface area (Å²) in [6, 6.07) is 6.19. The molecule has 3 heteroatoms. The van der Waals surface area contributed by atoms with Crippen molar-refractivity contribution >= 4 is 0 Å². The summed E-state index contributed by atoms with van der Waals surface area (Å²) in [6.07, 6.45) is 8.08. The van der Waals surface area contributed by atoms with E-state index in [1.807, 2.05) is 25.2 Å². The lowest BCUT2D eigenvalue weighted by Gasteiger charge is -2.18. The van der Waals surface area contributed by atoms with Gasteiger partial charge in [-0.05, 0) is 37.6 Å². The third-order valence-corrected chi connectivity index (χ3v) is 2.94. The number of hydrogen-bond acceptors (Lipinski definition) is 3. The largest absolute Gasteiger partial charge is 0.497 e. The lowest BCUT2D eigenvalue weighted by atomic mass is 10.0. The third kappa shape index (κ3) is 3.97. The van der Waals surface area contributed by atoms with Gasteiger partial charge in [0.05, 0.1) is 14.2 Å². The molecule has 0 aliphatic heterocycles. The predicted octanol–water partition coefficient (Wildman–Crippen LogP) is 2.77. The van der Waals surface area contributed by atoms with Crippen molar-refractivity contribution in [3.05, 3.63) is 23.8 Å². The van der Waals surface area contributed by atoms with E-state index in [-0.39, 0.29) is 6.04 Å². The Morgan fingerprint density at radius 3 is 2.28 bits per heavy atom. The third-order valence-electron chi connectivity index (χ3n) is 2.94. The summed E-state index contributed by atoms with van der Waals surface area (Å²) in [5, 5.41) is 3.30. The van der Waals surface area contributed by atoms with E-state index >= 15 is 0 Å². The molecule has 0 heterocycles. The quantitative estimate of drug-likeness (QED) is 0.593. The number of unbranched alkanes of at least 4 members (excludes halogenated alkanes) is 1. The molecule has 0 aliphatic carbocycles. The smallest absolute Gasteiger partial charge is 0.122 e. The molecule has 1 unspecified atom stereocenters. The molecule has 0 saturated carbocycles. The number of ether oxygens (including phenoxy) is 2. The first-order valence-corrected chi connectivity index (χ1v) is 6.08. The molecule has 98 valence electrons. The minimum atomic E-state index is 0.266. The summed E-state index contributed by atoms with van der Waals surface area (Å²) in [5.41, 5.74) is 1.16. The van der Waals surface area contributed by atoms with Gasteiger partial charge in [-0.15, -0.1) is 12.3 Å². The van der Waals surface area contributed by atoms with Crippen molar-refractivity contribution in [2.24, 2.45) is 0 Å². The highest BCUT2D eigenvalue weighted by Crippen LogP contribution is 2.28. The van der Waals surface area contributed by atoms with Gasteiger partial charge in [-0.1, -0.05) is 0 Å². The molecule has 0 saturated heterocycles. The van der Waals surface area contributed by atoms with E-state index in [4.69, 9.17) is 15.9 Å². The van der Waals surface area contributed by atoms with Gasteiger partial charge in [-0.25, -0.2) is 0 Å². The molecule has 0 radical (unpaired) electrons. The highest BCUT2D eigenvalue weighted by molar-refractivity contribution is 5.39. The Morgan fingerprint density at radius 1 is 1.22 bits per heavy atom. The molecule has 3 nitrogen and oxygen atoms in total. The van der Waals surface area contributed by atoms with Crippen molar-refractivity contribution in [3.8, 4) is 23.8 Å². The van der Waals surface area contributed by atoms with Crippen molar-refractivity contribution in [2.45, 2.75) is 25.3 Å².